The van der Waals surface area contributed by atoms with Gasteiger partial charge in [0.1, 0.15) is 5.76 Å². The van der Waals surface area contributed by atoms with Crippen molar-refractivity contribution in [2.75, 3.05) is 31.6 Å². The Hall–Kier alpha value is -2.69. The van der Waals surface area contributed by atoms with Gasteiger partial charge in [-0.1, -0.05) is 0 Å². The van der Waals surface area contributed by atoms with Crippen LogP contribution in [0.5, 0.6) is 11.5 Å². The van der Waals surface area contributed by atoms with Crippen molar-refractivity contribution in [2.24, 2.45) is 4.99 Å². The molecule has 0 bridgehead atoms. The number of rotatable bonds is 8. The number of aromatic amines is 1. The van der Waals surface area contributed by atoms with Crippen molar-refractivity contribution >= 4 is 35.6 Å². The summed E-state index contributed by atoms with van der Waals surface area (Å²) in [5.74, 6) is 3.21. The quantitative estimate of drug-likeness (QED) is 0.167. The Morgan fingerprint density at radius 1 is 1.16 bits per heavy atom. The van der Waals surface area contributed by atoms with Crippen LogP contribution in [0.3, 0.4) is 0 Å². The zero-order valence-electron chi connectivity index (χ0n) is 18.2. The Labute approximate surface area is 205 Å². The zero-order valence-corrected chi connectivity index (χ0v) is 20.6. The van der Waals surface area contributed by atoms with E-state index < -0.39 is 0 Å². The molecule has 3 aromatic rings. The van der Waals surface area contributed by atoms with Crippen LogP contribution in [0.4, 0.5) is 5.69 Å². The number of aromatic nitrogens is 2. The Kier molecular flexibility index (Phi) is 9.27. The molecule has 2 aromatic heterocycles. The number of furan rings is 1. The number of fused-ring (bicyclic) bond motifs is 1. The third-order valence-corrected chi connectivity index (χ3v) is 5.06. The maximum absolute atomic E-state index is 5.81. The van der Waals surface area contributed by atoms with Gasteiger partial charge in [-0.05, 0) is 49.6 Å². The second-order valence-electron chi connectivity index (χ2n) is 7.45. The van der Waals surface area contributed by atoms with E-state index in [0.717, 1.165) is 60.3 Å². The number of nitrogens with one attached hydrogen (secondary N) is 3. The van der Waals surface area contributed by atoms with Gasteiger partial charge in [-0.15, -0.1) is 24.0 Å². The first kappa shape index (κ1) is 24.0. The van der Waals surface area contributed by atoms with Crippen LogP contribution in [0.25, 0.3) is 0 Å². The molecule has 3 heterocycles. The molecule has 172 valence electrons. The van der Waals surface area contributed by atoms with Crippen molar-refractivity contribution < 1.29 is 13.9 Å². The van der Waals surface area contributed by atoms with Crippen LogP contribution in [0.15, 0.2) is 52.2 Å². The summed E-state index contributed by atoms with van der Waals surface area (Å²) in [5, 5.41) is 13.8. The van der Waals surface area contributed by atoms with Gasteiger partial charge in [-0.2, -0.15) is 5.10 Å². The molecule has 0 spiro atoms. The Balaban J connectivity index is 0.00000289. The van der Waals surface area contributed by atoms with Crippen LogP contribution in [0.2, 0.25) is 0 Å². The maximum atomic E-state index is 5.81. The predicted octanol–water partition coefficient (Wildman–Crippen LogP) is 4.32. The van der Waals surface area contributed by atoms with Gasteiger partial charge < -0.3 is 24.5 Å². The lowest BCUT2D eigenvalue weighted by atomic mass is 10.1. The first-order valence-electron chi connectivity index (χ1n) is 10.7. The van der Waals surface area contributed by atoms with Gasteiger partial charge in [0, 0.05) is 43.4 Å². The highest BCUT2D eigenvalue weighted by Gasteiger charge is 2.11. The van der Waals surface area contributed by atoms with Gasteiger partial charge in [-0.25, -0.2) is 0 Å². The third-order valence-electron chi connectivity index (χ3n) is 5.06. The fourth-order valence-electron chi connectivity index (χ4n) is 3.36. The van der Waals surface area contributed by atoms with E-state index in [2.05, 4.69) is 20.8 Å². The number of H-pyrrole nitrogens is 1. The minimum atomic E-state index is 0. The SMILES string of the molecule is Cc1[nH]ncc1CCCN=C(NCCc1ccco1)Nc1ccc2c(c1)OCCCO2.I. The van der Waals surface area contributed by atoms with Gasteiger partial charge in [0.2, 0.25) is 0 Å². The summed E-state index contributed by atoms with van der Waals surface area (Å²) in [5.41, 5.74) is 3.25. The van der Waals surface area contributed by atoms with E-state index in [1.165, 1.54) is 5.56 Å². The number of hydrogen-bond donors (Lipinski definition) is 3. The number of benzene rings is 1. The number of ether oxygens (including phenoxy) is 2. The van der Waals surface area contributed by atoms with E-state index in [9.17, 15) is 0 Å². The van der Waals surface area contributed by atoms with Crippen molar-refractivity contribution in [1.82, 2.24) is 15.5 Å². The van der Waals surface area contributed by atoms with E-state index in [4.69, 9.17) is 18.9 Å². The van der Waals surface area contributed by atoms with Gasteiger partial charge in [0.25, 0.3) is 0 Å². The molecule has 0 saturated heterocycles. The molecule has 1 aliphatic heterocycles. The molecule has 3 N–H and O–H groups in total. The molecule has 0 unspecified atom stereocenters. The number of guanidine groups is 1. The highest BCUT2D eigenvalue weighted by atomic mass is 127. The Morgan fingerprint density at radius 2 is 2.03 bits per heavy atom. The smallest absolute Gasteiger partial charge is 0.195 e. The van der Waals surface area contributed by atoms with Gasteiger partial charge in [0.05, 0.1) is 25.7 Å². The topological polar surface area (TPSA) is 96.7 Å². The van der Waals surface area contributed by atoms with E-state index in [1.54, 1.807) is 6.26 Å². The number of aliphatic imine (C=N–C) groups is 1. The number of anilines is 1. The summed E-state index contributed by atoms with van der Waals surface area (Å²) in [6, 6.07) is 9.75. The largest absolute Gasteiger partial charge is 0.490 e. The monoisotopic (exact) mass is 551 g/mol. The average molecular weight is 551 g/mol. The molecule has 1 aliphatic rings. The lowest BCUT2D eigenvalue weighted by Gasteiger charge is -2.14. The first-order chi connectivity index (χ1) is 15.3. The minimum absolute atomic E-state index is 0. The fraction of sp³-hybridized carbons (Fsp3) is 0.391. The van der Waals surface area contributed by atoms with Gasteiger partial charge in [-0.3, -0.25) is 10.1 Å². The molecule has 0 radical (unpaired) electrons. The summed E-state index contributed by atoms with van der Waals surface area (Å²) in [7, 11) is 0. The minimum Gasteiger partial charge on any atom is -0.490 e. The molecule has 32 heavy (non-hydrogen) atoms. The highest BCUT2D eigenvalue weighted by molar-refractivity contribution is 14.0. The average Bonchev–Trinajstić information content (AvgIpc) is 3.37. The maximum Gasteiger partial charge on any atom is 0.195 e. The van der Waals surface area contributed by atoms with Gasteiger partial charge >= 0.3 is 0 Å². The third kappa shape index (κ3) is 6.91. The first-order valence-corrected chi connectivity index (χ1v) is 10.7. The second-order valence-corrected chi connectivity index (χ2v) is 7.45. The van der Waals surface area contributed by atoms with Crippen LogP contribution >= 0.6 is 24.0 Å². The predicted molar refractivity (Wildman–Crippen MR) is 135 cm³/mol. The second kappa shape index (κ2) is 12.4. The Bertz CT molecular complexity index is 987. The van der Waals surface area contributed by atoms with Gasteiger partial charge in [0.15, 0.2) is 17.5 Å². The summed E-state index contributed by atoms with van der Waals surface area (Å²) in [4.78, 5) is 4.76. The highest BCUT2D eigenvalue weighted by Crippen LogP contribution is 2.32. The molecule has 0 amide bonds. The van der Waals surface area contributed by atoms with Crippen molar-refractivity contribution in [3.8, 4) is 11.5 Å². The van der Waals surface area contributed by atoms with Crippen molar-refractivity contribution in [1.29, 1.82) is 0 Å². The van der Waals surface area contributed by atoms with Crippen molar-refractivity contribution in [3.05, 3.63) is 59.8 Å². The van der Waals surface area contributed by atoms with Crippen LogP contribution in [0.1, 0.15) is 29.9 Å². The fourth-order valence-corrected chi connectivity index (χ4v) is 3.36. The number of nitrogens with zero attached hydrogens (tertiary/aromatic N) is 2. The molecule has 0 atom stereocenters. The molecular formula is C23H30IN5O3. The van der Waals surface area contributed by atoms with Crippen LogP contribution < -0.4 is 20.1 Å². The number of aryl methyl sites for hydroxylation is 2. The normalized spacial score (nSPS) is 13.2. The lowest BCUT2D eigenvalue weighted by molar-refractivity contribution is 0.297. The summed E-state index contributed by atoms with van der Waals surface area (Å²) >= 11 is 0. The molecule has 8 nitrogen and oxygen atoms in total. The molecule has 0 saturated carbocycles. The molecule has 0 fully saturated rings. The number of hydrogen-bond acceptors (Lipinski definition) is 5. The van der Waals surface area contributed by atoms with E-state index in [1.807, 2.05) is 43.5 Å². The zero-order chi connectivity index (χ0) is 21.3. The standard InChI is InChI=1S/C23H29N5O3.HI/c1-17-18(16-26-28-17)5-2-10-24-23(25-11-9-20-6-3-12-29-20)27-19-7-8-21-22(15-19)31-14-4-13-30-21;/h3,6-8,12,15-16H,2,4-5,9-11,13-14H2,1H3,(H,26,28)(H2,24,25,27);1H. The molecule has 0 aliphatic carbocycles. The lowest BCUT2D eigenvalue weighted by Crippen LogP contribution is -2.32. The van der Waals surface area contributed by atoms with Crippen LogP contribution in [-0.2, 0) is 12.8 Å². The van der Waals surface area contributed by atoms with E-state index in [0.29, 0.717) is 26.3 Å². The van der Waals surface area contributed by atoms with Crippen LogP contribution in [0, 0.1) is 6.92 Å². The Morgan fingerprint density at radius 3 is 2.81 bits per heavy atom. The molecule has 4 rings (SSSR count). The van der Waals surface area contributed by atoms with Crippen LogP contribution in [-0.4, -0.2) is 42.5 Å². The molecular weight excluding hydrogens is 521 g/mol. The summed E-state index contributed by atoms with van der Waals surface area (Å²) < 4.78 is 16.9. The summed E-state index contributed by atoms with van der Waals surface area (Å²) in [6.45, 7) is 4.79. The van der Waals surface area contributed by atoms with Crippen molar-refractivity contribution in [2.45, 2.75) is 32.6 Å². The number of halogens is 1. The molecule has 1 aromatic carbocycles. The molecule has 9 heteroatoms. The summed E-state index contributed by atoms with van der Waals surface area (Å²) in [6.07, 6.45) is 7.12. The van der Waals surface area contributed by atoms with E-state index >= 15 is 0 Å². The van der Waals surface area contributed by atoms with E-state index in [-0.39, 0.29) is 24.0 Å². The van der Waals surface area contributed by atoms with Crippen molar-refractivity contribution in [3.63, 3.8) is 0 Å².